The van der Waals surface area contributed by atoms with Gasteiger partial charge in [0.05, 0.1) is 16.8 Å². The molecule has 0 bridgehead atoms. The lowest BCUT2D eigenvalue weighted by molar-refractivity contribution is 0.660. The molecule has 1 aliphatic heterocycles. The number of fused-ring (bicyclic) bond motifs is 12. The lowest BCUT2D eigenvalue weighted by Crippen LogP contribution is -2.32. The van der Waals surface area contributed by atoms with Gasteiger partial charge in [0.1, 0.15) is 0 Å². The van der Waals surface area contributed by atoms with E-state index in [0.717, 1.165) is 33.6 Å². The predicted octanol–water partition coefficient (Wildman–Crippen LogP) is 14.3. The number of nitrogens with zero attached hydrogens (tertiary/aromatic N) is 2. The molecule has 0 N–H and O–H groups in total. The van der Waals surface area contributed by atoms with Gasteiger partial charge in [0.25, 0.3) is 0 Å². The van der Waals surface area contributed by atoms with Crippen LogP contribution in [0.2, 0.25) is 0 Å². The van der Waals surface area contributed by atoms with Crippen molar-refractivity contribution in [2.24, 2.45) is 0 Å². The molecular formula is C56H38N2S. The van der Waals surface area contributed by atoms with E-state index in [9.17, 15) is 0 Å². The van der Waals surface area contributed by atoms with Crippen molar-refractivity contribution in [3.8, 4) is 67.3 Å². The van der Waals surface area contributed by atoms with Crippen LogP contribution in [0.4, 0.5) is 0 Å². The first-order valence-electron chi connectivity index (χ1n) is 20.4. The van der Waals surface area contributed by atoms with E-state index in [1.54, 1.807) is 0 Å². The molecule has 3 heteroatoms. The molecule has 0 saturated heterocycles. The fourth-order valence-corrected chi connectivity index (χ4v) is 11.5. The second-order valence-corrected chi connectivity index (χ2v) is 17.5. The minimum absolute atomic E-state index is 0.115. The zero-order valence-corrected chi connectivity index (χ0v) is 33.6. The zero-order valence-electron chi connectivity index (χ0n) is 32.8. The van der Waals surface area contributed by atoms with Crippen LogP contribution >= 0.6 is 11.8 Å². The molecule has 12 rings (SSSR count). The van der Waals surface area contributed by atoms with E-state index in [1.807, 2.05) is 17.8 Å². The predicted molar refractivity (Wildman–Crippen MR) is 243 cm³/mol. The molecule has 2 aliphatic carbocycles. The molecule has 2 heterocycles. The molecule has 0 unspecified atom stereocenters. The Morgan fingerprint density at radius 3 is 1.58 bits per heavy atom. The Kier molecular flexibility index (Phi) is 7.46. The molecule has 0 fully saturated rings. The van der Waals surface area contributed by atoms with Crippen molar-refractivity contribution in [2.45, 2.75) is 34.5 Å². The molecule has 0 atom stereocenters. The molecule has 0 amide bonds. The fourth-order valence-electron chi connectivity index (χ4n) is 10.3. The molecule has 59 heavy (non-hydrogen) atoms. The normalized spacial score (nSPS) is 14.5. The highest BCUT2D eigenvalue weighted by Crippen LogP contribution is 2.62. The Morgan fingerprint density at radius 1 is 0.339 bits per heavy atom. The van der Waals surface area contributed by atoms with Crippen molar-refractivity contribution < 1.29 is 0 Å². The van der Waals surface area contributed by atoms with E-state index in [1.165, 1.54) is 71.0 Å². The van der Waals surface area contributed by atoms with Crippen molar-refractivity contribution in [3.63, 3.8) is 0 Å². The number of aromatic nitrogens is 2. The van der Waals surface area contributed by atoms with Gasteiger partial charge in [-0.25, -0.2) is 9.97 Å². The van der Waals surface area contributed by atoms with Crippen LogP contribution in [0.15, 0.2) is 204 Å². The molecule has 8 aromatic carbocycles. The van der Waals surface area contributed by atoms with Crippen molar-refractivity contribution in [2.75, 3.05) is 0 Å². The molecule has 278 valence electrons. The summed E-state index contributed by atoms with van der Waals surface area (Å²) in [5, 5.41) is 0. The molecule has 1 spiro atoms. The van der Waals surface area contributed by atoms with Crippen LogP contribution in [0.3, 0.4) is 0 Å². The number of rotatable bonds is 4. The van der Waals surface area contributed by atoms with Gasteiger partial charge in [0, 0.05) is 31.9 Å². The van der Waals surface area contributed by atoms with Gasteiger partial charge in [-0.2, -0.15) is 0 Å². The molecule has 0 saturated carbocycles. The highest BCUT2D eigenvalue weighted by Gasteiger charge is 2.50. The summed E-state index contributed by atoms with van der Waals surface area (Å²) in [5.74, 6) is 0.715. The Labute approximate surface area is 349 Å². The summed E-state index contributed by atoms with van der Waals surface area (Å²) in [7, 11) is 0. The van der Waals surface area contributed by atoms with Gasteiger partial charge in [0.15, 0.2) is 5.82 Å². The van der Waals surface area contributed by atoms with Crippen LogP contribution in [0, 0.1) is 0 Å². The lowest BCUT2D eigenvalue weighted by Gasteiger charge is -2.40. The number of hydrogen-bond acceptors (Lipinski definition) is 3. The Balaban J connectivity index is 1.06. The maximum Gasteiger partial charge on any atom is 0.160 e. The Bertz CT molecular complexity index is 3130. The molecule has 2 nitrogen and oxygen atoms in total. The zero-order chi connectivity index (χ0) is 39.3. The van der Waals surface area contributed by atoms with E-state index >= 15 is 0 Å². The van der Waals surface area contributed by atoms with Gasteiger partial charge >= 0.3 is 0 Å². The molecule has 1 aromatic heterocycles. The van der Waals surface area contributed by atoms with Gasteiger partial charge < -0.3 is 0 Å². The minimum Gasteiger partial charge on any atom is -0.228 e. The topological polar surface area (TPSA) is 25.8 Å². The van der Waals surface area contributed by atoms with Crippen molar-refractivity contribution in [3.05, 3.63) is 228 Å². The maximum absolute atomic E-state index is 5.35. The summed E-state index contributed by atoms with van der Waals surface area (Å²) in [4.78, 5) is 13.2. The lowest BCUT2D eigenvalue weighted by atomic mass is 9.67. The van der Waals surface area contributed by atoms with Gasteiger partial charge in [-0.3, -0.25) is 0 Å². The maximum atomic E-state index is 5.35. The molecule has 9 aromatic rings. The fraction of sp³-hybridized carbons (Fsp3) is 0.0714. The van der Waals surface area contributed by atoms with Crippen LogP contribution in [0.5, 0.6) is 0 Å². The first-order valence-corrected chi connectivity index (χ1v) is 21.2. The standard InChI is InChI=1S/C56H38N2S/c1-55(2)44-23-11-8-19-39(44)42-30-28-37(33-48(42)55)50-34-51(58-54(57-50)35-16-4-3-5-17-35)43-22-7-6-18-38(43)36-29-31-53-49(32-36)56(47-26-14-15-27-52(47)59-53)45-24-12-9-20-40(45)41-21-10-13-25-46(41)56/h3-34H,1-2H3. The van der Waals surface area contributed by atoms with Crippen LogP contribution in [-0.4, -0.2) is 9.97 Å². The van der Waals surface area contributed by atoms with Gasteiger partial charge in [-0.05, 0) is 97.1 Å². The van der Waals surface area contributed by atoms with E-state index < -0.39 is 5.41 Å². The second-order valence-electron chi connectivity index (χ2n) is 16.5. The quantitative estimate of drug-likeness (QED) is 0.178. The van der Waals surface area contributed by atoms with Crippen molar-refractivity contribution in [1.29, 1.82) is 0 Å². The van der Waals surface area contributed by atoms with Crippen LogP contribution in [0.1, 0.15) is 47.2 Å². The summed E-state index contributed by atoms with van der Waals surface area (Å²) in [6.45, 7) is 4.67. The van der Waals surface area contributed by atoms with Gasteiger partial charge in [-0.1, -0.05) is 189 Å². The summed E-state index contributed by atoms with van der Waals surface area (Å²) in [5.41, 5.74) is 20.0. The third kappa shape index (κ3) is 4.95. The average molecular weight is 771 g/mol. The Hall–Kier alpha value is -6.81. The highest BCUT2D eigenvalue weighted by molar-refractivity contribution is 7.99. The number of benzene rings is 8. The smallest absolute Gasteiger partial charge is 0.160 e. The summed E-state index contributed by atoms with van der Waals surface area (Å²) < 4.78 is 0. The second kappa shape index (κ2) is 12.8. The van der Waals surface area contributed by atoms with Crippen LogP contribution in [0.25, 0.3) is 67.3 Å². The van der Waals surface area contributed by atoms with Gasteiger partial charge in [0.2, 0.25) is 0 Å². The summed E-state index contributed by atoms with van der Waals surface area (Å²) >= 11 is 1.88. The molecule has 0 radical (unpaired) electrons. The van der Waals surface area contributed by atoms with E-state index in [0.29, 0.717) is 5.82 Å². The monoisotopic (exact) mass is 770 g/mol. The minimum atomic E-state index is -0.446. The SMILES string of the molecule is CC1(C)c2ccccc2-c2ccc(-c3cc(-c4ccccc4-c4ccc5c(c4)C4(c6ccccc6S5)c5ccccc5-c5ccccc54)nc(-c4ccccc4)n3)cc21. The molecular weight excluding hydrogens is 733 g/mol. The van der Waals surface area contributed by atoms with E-state index in [-0.39, 0.29) is 5.41 Å². The van der Waals surface area contributed by atoms with Crippen molar-refractivity contribution >= 4 is 11.8 Å². The number of hydrogen-bond donors (Lipinski definition) is 0. The Morgan fingerprint density at radius 2 is 0.847 bits per heavy atom. The van der Waals surface area contributed by atoms with Crippen LogP contribution < -0.4 is 0 Å². The first-order chi connectivity index (χ1) is 29.0. The summed E-state index contributed by atoms with van der Waals surface area (Å²) in [6, 6.07) is 71.2. The van der Waals surface area contributed by atoms with Crippen LogP contribution in [-0.2, 0) is 10.8 Å². The average Bonchev–Trinajstić information content (AvgIpc) is 3.72. The third-order valence-corrected chi connectivity index (χ3v) is 14.2. The van der Waals surface area contributed by atoms with Gasteiger partial charge in [-0.15, -0.1) is 0 Å². The molecule has 3 aliphatic rings. The summed E-state index contributed by atoms with van der Waals surface area (Å²) in [6.07, 6.45) is 0. The van der Waals surface area contributed by atoms with Crippen molar-refractivity contribution in [1.82, 2.24) is 9.97 Å². The largest absolute Gasteiger partial charge is 0.228 e. The highest BCUT2D eigenvalue weighted by atomic mass is 32.2. The van der Waals surface area contributed by atoms with E-state index in [2.05, 4.69) is 202 Å². The third-order valence-electron chi connectivity index (χ3n) is 13.0. The first kappa shape index (κ1) is 34.3. The van der Waals surface area contributed by atoms with E-state index in [4.69, 9.17) is 9.97 Å².